The highest BCUT2D eigenvalue weighted by Crippen LogP contribution is 2.74. The maximum Gasteiger partial charge on any atom is -0.00839 e. The second-order valence-electron chi connectivity index (χ2n) is 14.3. The summed E-state index contributed by atoms with van der Waals surface area (Å²) >= 11 is 0. The third-order valence-electron chi connectivity index (χ3n) is 13.2. The van der Waals surface area contributed by atoms with Gasteiger partial charge < -0.3 is 0 Å². The second kappa shape index (κ2) is 6.99. The monoisotopic (exact) mass is 422 g/mol. The van der Waals surface area contributed by atoms with Crippen molar-refractivity contribution in [2.24, 2.45) is 63.1 Å². The molecule has 0 heteroatoms. The Kier molecular flexibility index (Phi) is 5.03. The molecular weight excluding hydrogens is 372 g/mol. The largest absolute Gasteiger partial charge is 0.103 e. The summed E-state index contributed by atoms with van der Waals surface area (Å²) < 4.78 is 0. The molecule has 0 N–H and O–H groups in total. The minimum atomic E-state index is 0.414. The van der Waals surface area contributed by atoms with Crippen molar-refractivity contribution < 1.29 is 0 Å². The summed E-state index contributed by atoms with van der Waals surface area (Å²) in [4.78, 5) is 0. The lowest BCUT2D eigenvalue weighted by molar-refractivity contribution is -0.203. The number of hydrogen-bond acceptors (Lipinski definition) is 0. The van der Waals surface area contributed by atoms with Crippen molar-refractivity contribution in [2.45, 2.75) is 106 Å². The van der Waals surface area contributed by atoms with Crippen molar-refractivity contribution in [1.82, 2.24) is 0 Å². The van der Waals surface area contributed by atoms with E-state index in [-0.39, 0.29) is 0 Å². The van der Waals surface area contributed by atoms with E-state index in [1.165, 1.54) is 69.8 Å². The van der Waals surface area contributed by atoms with E-state index in [0.29, 0.717) is 21.7 Å². The number of rotatable bonds is 2. The van der Waals surface area contributed by atoms with Gasteiger partial charge in [-0.1, -0.05) is 52.8 Å². The zero-order valence-electron chi connectivity index (χ0n) is 21.6. The van der Waals surface area contributed by atoms with Crippen molar-refractivity contribution in [2.75, 3.05) is 0 Å². The average molecular weight is 423 g/mol. The minimum absolute atomic E-state index is 0.414. The summed E-state index contributed by atoms with van der Waals surface area (Å²) in [5.41, 5.74) is 3.49. The number of fused-ring (bicyclic) bond motifs is 7. The Morgan fingerprint density at radius 2 is 1.48 bits per heavy atom. The molecule has 0 spiro atoms. The van der Waals surface area contributed by atoms with E-state index in [0.717, 1.165) is 41.4 Å². The number of hydrogen-bond donors (Lipinski definition) is 0. The van der Waals surface area contributed by atoms with Gasteiger partial charge in [-0.15, -0.1) is 6.58 Å². The zero-order valence-corrected chi connectivity index (χ0v) is 21.6. The van der Waals surface area contributed by atoms with Gasteiger partial charge in [-0.05, 0) is 134 Å². The van der Waals surface area contributed by atoms with Crippen molar-refractivity contribution >= 4 is 0 Å². The minimum Gasteiger partial charge on any atom is -0.103 e. The molecule has 5 aliphatic rings. The molecule has 0 aromatic rings. The van der Waals surface area contributed by atoms with E-state index in [4.69, 9.17) is 0 Å². The summed E-state index contributed by atoms with van der Waals surface area (Å²) in [6, 6.07) is 0. The maximum absolute atomic E-state index is 4.48. The Morgan fingerprint density at radius 3 is 2.16 bits per heavy atom. The van der Waals surface area contributed by atoms with Crippen LogP contribution in [0.5, 0.6) is 0 Å². The van der Waals surface area contributed by atoms with Crippen LogP contribution in [0.25, 0.3) is 0 Å². The fraction of sp³-hybridized carbons (Fsp3) is 0.871. The van der Waals surface area contributed by atoms with Crippen LogP contribution in [-0.2, 0) is 0 Å². The van der Waals surface area contributed by atoms with Gasteiger partial charge in [0.2, 0.25) is 0 Å². The van der Waals surface area contributed by atoms with Gasteiger partial charge in [0.25, 0.3) is 0 Å². The van der Waals surface area contributed by atoms with Gasteiger partial charge in [-0.25, -0.2) is 0 Å². The van der Waals surface area contributed by atoms with E-state index in [1.54, 1.807) is 0 Å². The molecule has 0 heterocycles. The van der Waals surface area contributed by atoms with Crippen LogP contribution in [-0.4, -0.2) is 0 Å². The van der Waals surface area contributed by atoms with Crippen LogP contribution in [0, 0.1) is 63.1 Å². The molecule has 31 heavy (non-hydrogen) atoms. The molecule has 0 aromatic heterocycles. The lowest BCUT2D eigenvalue weighted by Gasteiger charge is -2.69. The van der Waals surface area contributed by atoms with Crippen LogP contribution in [0.15, 0.2) is 24.8 Å². The van der Waals surface area contributed by atoms with Crippen LogP contribution in [0.2, 0.25) is 0 Å². The highest BCUT2D eigenvalue weighted by atomic mass is 14.7. The molecule has 5 rings (SSSR count). The molecule has 0 amide bonds. The van der Waals surface area contributed by atoms with Crippen LogP contribution < -0.4 is 0 Å². The predicted octanol–water partition coefficient (Wildman–Crippen LogP) is 9.08. The summed E-state index contributed by atoms with van der Waals surface area (Å²) in [5, 5.41) is 0. The van der Waals surface area contributed by atoms with E-state index in [2.05, 4.69) is 60.8 Å². The average Bonchev–Trinajstić information content (AvgIpc) is 3.11. The van der Waals surface area contributed by atoms with Gasteiger partial charge in [-0.3, -0.25) is 0 Å². The third-order valence-corrected chi connectivity index (χ3v) is 13.2. The first-order chi connectivity index (χ1) is 14.5. The second-order valence-corrected chi connectivity index (χ2v) is 14.3. The smallest absolute Gasteiger partial charge is 0.00839 e. The molecule has 0 aromatic carbocycles. The van der Waals surface area contributed by atoms with Crippen molar-refractivity contribution in [1.29, 1.82) is 0 Å². The molecule has 174 valence electrons. The summed E-state index contributed by atoms with van der Waals surface area (Å²) in [6.07, 6.45) is 16.9. The molecule has 5 aliphatic carbocycles. The Balaban J connectivity index is 1.51. The highest BCUT2D eigenvalue weighted by Gasteiger charge is 2.66. The first-order valence-corrected chi connectivity index (χ1v) is 13.8. The standard InChI is InChI=1S/C31H50/c1-9-31-18-13-22(20(2)3)27(31)23-10-11-26-29(7,24(23)14-19-31)17-15-25-28(5,6)21(4)12-16-30(25,26)8/h9,21-27H,1-2,10-19H2,3-8H3. The highest BCUT2D eigenvalue weighted by molar-refractivity contribution is 5.21. The molecule has 0 aliphatic heterocycles. The Morgan fingerprint density at radius 1 is 0.806 bits per heavy atom. The molecule has 0 bridgehead atoms. The molecule has 10 unspecified atom stereocenters. The fourth-order valence-electron chi connectivity index (χ4n) is 11.4. The summed E-state index contributed by atoms with van der Waals surface area (Å²) in [7, 11) is 0. The van der Waals surface area contributed by atoms with Gasteiger partial charge in [0, 0.05) is 0 Å². The summed E-state index contributed by atoms with van der Waals surface area (Å²) in [5.74, 6) is 6.15. The lowest BCUT2D eigenvalue weighted by atomic mass is 9.35. The van der Waals surface area contributed by atoms with E-state index in [9.17, 15) is 0 Å². The van der Waals surface area contributed by atoms with Crippen LogP contribution in [0.4, 0.5) is 0 Å². The van der Waals surface area contributed by atoms with Gasteiger partial charge in [-0.2, -0.15) is 0 Å². The maximum atomic E-state index is 4.48. The van der Waals surface area contributed by atoms with Crippen LogP contribution >= 0.6 is 0 Å². The van der Waals surface area contributed by atoms with Gasteiger partial charge >= 0.3 is 0 Å². The molecule has 5 saturated carbocycles. The van der Waals surface area contributed by atoms with Crippen molar-refractivity contribution in [3.63, 3.8) is 0 Å². The van der Waals surface area contributed by atoms with Gasteiger partial charge in [0.1, 0.15) is 0 Å². The molecular formula is C31H50. The first-order valence-electron chi connectivity index (χ1n) is 13.8. The quantitative estimate of drug-likeness (QED) is 0.389. The Labute approximate surface area is 193 Å². The van der Waals surface area contributed by atoms with E-state index < -0.39 is 0 Å². The van der Waals surface area contributed by atoms with Crippen molar-refractivity contribution in [3.8, 4) is 0 Å². The van der Waals surface area contributed by atoms with Crippen molar-refractivity contribution in [3.05, 3.63) is 24.8 Å². The van der Waals surface area contributed by atoms with E-state index >= 15 is 0 Å². The SMILES string of the molecule is C=CC12CCC(C(=C)C)C1C1CCC3C(C)(CCC4C(C)(C)C(C)CCC43C)C1CC2. The topological polar surface area (TPSA) is 0 Å². The molecule has 0 radical (unpaired) electrons. The Bertz CT molecular complexity index is 758. The first kappa shape index (κ1) is 22.3. The fourth-order valence-corrected chi connectivity index (χ4v) is 11.4. The molecule has 0 saturated heterocycles. The predicted molar refractivity (Wildman–Crippen MR) is 134 cm³/mol. The van der Waals surface area contributed by atoms with E-state index in [1.807, 2.05) is 0 Å². The van der Waals surface area contributed by atoms with Crippen LogP contribution in [0.1, 0.15) is 106 Å². The third kappa shape index (κ3) is 2.78. The van der Waals surface area contributed by atoms with Crippen LogP contribution in [0.3, 0.4) is 0 Å². The normalized spacial score (nSPS) is 55.4. The lowest BCUT2D eigenvalue weighted by Crippen LogP contribution is -2.62. The number of allylic oxidation sites excluding steroid dienone is 2. The van der Waals surface area contributed by atoms with Gasteiger partial charge in [0.15, 0.2) is 0 Å². The zero-order chi connectivity index (χ0) is 22.4. The molecule has 0 nitrogen and oxygen atoms in total. The van der Waals surface area contributed by atoms with Gasteiger partial charge in [0.05, 0.1) is 0 Å². The molecule has 10 atom stereocenters. The summed E-state index contributed by atoms with van der Waals surface area (Å²) in [6.45, 7) is 24.5. The molecule has 5 fully saturated rings. The Hall–Kier alpha value is -0.520.